The number of aliphatic hydroxyl groups excluding tert-OH is 1. The van der Waals surface area contributed by atoms with Crippen molar-refractivity contribution in [2.45, 2.75) is 11.0 Å². The molecule has 0 bridgehead atoms. The van der Waals surface area contributed by atoms with Crippen LogP contribution in [-0.2, 0) is 0 Å². The molecule has 0 saturated carbocycles. The van der Waals surface area contributed by atoms with Gasteiger partial charge in [-0.1, -0.05) is 12.1 Å². The van der Waals surface area contributed by atoms with E-state index in [4.69, 9.17) is 0 Å². The Balaban J connectivity index is 1.95. The molecule has 0 saturated heterocycles. The molecule has 0 spiro atoms. The highest BCUT2D eigenvalue weighted by Crippen LogP contribution is 2.27. The summed E-state index contributed by atoms with van der Waals surface area (Å²) in [6.45, 7) is 0. The standard InChI is InChI=1S/C12H11FOS2/c13-10-3-1-2-4-12(10)16-8-11(14)9-5-6-15-7-9/h1-7,11,14H,8H2. The summed E-state index contributed by atoms with van der Waals surface area (Å²) in [4.78, 5) is 0.580. The van der Waals surface area contributed by atoms with Crippen molar-refractivity contribution in [2.24, 2.45) is 0 Å². The topological polar surface area (TPSA) is 20.2 Å². The Labute approximate surface area is 102 Å². The van der Waals surface area contributed by atoms with Crippen LogP contribution in [0.4, 0.5) is 4.39 Å². The van der Waals surface area contributed by atoms with E-state index in [2.05, 4.69) is 0 Å². The van der Waals surface area contributed by atoms with Gasteiger partial charge in [-0.15, -0.1) is 11.8 Å². The summed E-state index contributed by atoms with van der Waals surface area (Å²) in [5, 5.41) is 13.7. The van der Waals surface area contributed by atoms with Gasteiger partial charge in [0.25, 0.3) is 0 Å². The lowest BCUT2D eigenvalue weighted by molar-refractivity contribution is 0.204. The second-order valence-electron chi connectivity index (χ2n) is 3.31. The molecule has 1 aromatic heterocycles. The van der Waals surface area contributed by atoms with Crippen LogP contribution in [0, 0.1) is 5.82 Å². The Hall–Kier alpha value is -0.840. The average Bonchev–Trinajstić information content (AvgIpc) is 2.81. The van der Waals surface area contributed by atoms with Gasteiger partial charge in [-0.2, -0.15) is 11.3 Å². The number of thiophene rings is 1. The molecule has 0 fully saturated rings. The predicted octanol–water partition coefficient (Wildman–Crippen LogP) is 3.71. The second-order valence-corrected chi connectivity index (χ2v) is 5.16. The molecule has 1 heterocycles. The molecular formula is C12H11FOS2. The normalized spacial score (nSPS) is 12.6. The van der Waals surface area contributed by atoms with Gasteiger partial charge >= 0.3 is 0 Å². The smallest absolute Gasteiger partial charge is 0.136 e. The van der Waals surface area contributed by atoms with Gasteiger partial charge in [0, 0.05) is 10.6 Å². The van der Waals surface area contributed by atoms with E-state index in [9.17, 15) is 9.50 Å². The lowest BCUT2D eigenvalue weighted by Gasteiger charge is -2.08. The van der Waals surface area contributed by atoms with Crippen molar-refractivity contribution in [3.05, 3.63) is 52.5 Å². The first-order chi connectivity index (χ1) is 7.77. The Morgan fingerprint density at radius 3 is 2.81 bits per heavy atom. The van der Waals surface area contributed by atoms with Crippen molar-refractivity contribution in [1.82, 2.24) is 0 Å². The van der Waals surface area contributed by atoms with Crippen LogP contribution >= 0.6 is 23.1 Å². The summed E-state index contributed by atoms with van der Waals surface area (Å²) in [6, 6.07) is 8.49. The fraction of sp³-hybridized carbons (Fsp3) is 0.167. The average molecular weight is 254 g/mol. The quantitative estimate of drug-likeness (QED) is 0.839. The molecule has 1 N–H and O–H groups in total. The number of benzene rings is 1. The van der Waals surface area contributed by atoms with Crippen molar-refractivity contribution in [1.29, 1.82) is 0 Å². The third-order valence-electron chi connectivity index (χ3n) is 2.16. The van der Waals surface area contributed by atoms with Gasteiger partial charge in [0.15, 0.2) is 0 Å². The Morgan fingerprint density at radius 2 is 2.12 bits per heavy atom. The molecule has 16 heavy (non-hydrogen) atoms. The lowest BCUT2D eigenvalue weighted by Crippen LogP contribution is -1.98. The molecule has 2 aromatic rings. The van der Waals surface area contributed by atoms with Crippen LogP contribution in [0.3, 0.4) is 0 Å². The molecule has 0 aliphatic rings. The van der Waals surface area contributed by atoms with Crippen LogP contribution in [-0.4, -0.2) is 10.9 Å². The van der Waals surface area contributed by atoms with Crippen LogP contribution in [0.5, 0.6) is 0 Å². The van der Waals surface area contributed by atoms with Crippen LogP contribution in [0.2, 0.25) is 0 Å². The number of rotatable bonds is 4. The summed E-state index contributed by atoms with van der Waals surface area (Å²) in [7, 11) is 0. The molecule has 0 amide bonds. The predicted molar refractivity (Wildman–Crippen MR) is 66.4 cm³/mol. The minimum Gasteiger partial charge on any atom is -0.388 e. The summed E-state index contributed by atoms with van der Waals surface area (Å²) < 4.78 is 13.3. The van der Waals surface area contributed by atoms with Crippen molar-refractivity contribution in [3.63, 3.8) is 0 Å². The van der Waals surface area contributed by atoms with Crippen LogP contribution < -0.4 is 0 Å². The van der Waals surface area contributed by atoms with Gasteiger partial charge in [-0.3, -0.25) is 0 Å². The minimum atomic E-state index is -0.532. The molecule has 1 aromatic carbocycles. The summed E-state index contributed by atoms with van der Waals surface area (Å²) in [5.74, 6) is 0.238. The van der Waals surface area contributed by atoms with E-state index in [0.29, 0.717) is 10.6 Å². The Kier molecular flexibility index (Phi) is 3.98. The van der Waals surface area contributed by atoms with Crippen LogP contribution in [0.25, 0.3) is 0 Å². The first-order valence-corrected chi connectivity index (χ1v) is 6.77. The van der Waals surface area contributed by atoms with Gasteiger partial charge in [0.05, 0.1) is 6.10 Å². The zero-order chi connectivity index (χ0) is 11.4. The van der Waals surface area contributed by atoms with E-state index < -0.39 is 6.10 Å². The SMILES string of the molecule is OC(CSc1ccccc1F)c1ccsc1. The highest BCUT2D eigenvalue weighted by molar-refractivity contribution is 7.99. The van der Waals surface area contributed by atoms with Crippen molar-refractivity contribution in [2.75, 3.05) is 5.75 Å². The molecule has 4 heteroatoms. The number of aliphatic hydroxyl groups is 1. The summed E-state index contributed by atoms with van der Waals surface area (Å²) >= 11 is 2.88. The molecule has 1 atom stereocenters. The van der Waals surface area contributed by atoms with Gasteiger partial charge in [0.1, 0.15) is 5.82 Å². The zero-order valence-electron chi connectivity index (χ0n) is 8.47. The highest BCUT2D eigenvalue weighted by atomic mass is 32.2. The largest absolute Gasteiger partial charge is 0.388 e. The number of halogens is 1. The number of thioether (sulfide) groups is 1. The van der Waals surface area contributed by atoms with Crippen LogP contribution in [0.1, 0.15) is 11.7 Å². The van der Waals surface area contributed by atoms with E-state index >= 15 is 0 Å². The second kappa shape index (κ2) is 5.48. The van der Waals surface area contributed by atoms with E-state index in [-0.39, 0.29) is 5.82 Å². The van der Waals surface area contributed by atoms with Gasteiger partial charge in [-0.05, 0) is 34.5 Å². The van der Waals surface area contributed by atoms with E-state index in [1.807, 2.05) is 16.8 Å². The Bertz CT molecular complexity index is 442. The minimum absolute atomic E-state index is 0.231. The molecule has 1 nitrogen and oxygen atoms in total. The first kappa shape index (κ1) is 11.6. The third-order valence-corrected chi connectivity index (χ3v) is 3.99. The summed E-state index contributed by atoms with van der Waals surface area (Å²) in [6.07, 6.45) is -0.532. The molecule has 1 unspecified atom stereocenters. The molecule has 0 aliphatic heterocycles. The van der Waals surface area contributed by atoms with Crippen LogP contribution in [0.15, 0.2) is 46.0 Å². The molecule has 2 rings (SSSR count). The molecule has 0 aliphatic carbocycles. The maximum Gasteiger partial charge on any atom is 0.136 e. The summed E-state index contributed by atoms with van der Waals surface area (Å²) in [5.41, 5.74) is 0.897. The molecule has 0 radical (unpaired) electrons. The fourth-order valence-corrected chi connectivity index (χ4v) is 2.91. The highest BCUT2D eigenvalue weighted by Gasteiger charge is 2.09. The Morgan fingerprint density at radius 1 is 1.31 bits per heavy atom. The molecular weight excluding hydrogens is 243 g/mol. The van der Waals surface area contributed by atoms with Gasteiger partial charge in [0.2, 0.25) is 0 Å². The van der Waals surface area contributed by atoms with Crippen molar-refractivity contribution in [3.8, 4) is 0 Å². The zero-order valence-corrected chi connectivity index (χ0v) is 10.1. The van der Waals surface area contributed by atoms with E-state index in [1.54, 1.807) is 29.5 Å². The van der Waals surface area contributed by atoms with Gasteiger partial charge < -0.3 is 5.11 Å². The lowest BCUT2D eigenvalue weighted by atomic mass is 10.2. The maximum absolute atomic E-state index is 13.3. The van der Waals surface area contributed by atoms with Crippen molar-refractivity contribution < 1.29 is 9.50 Å². The first-order valence-electron chi connectivity index (χ1n) is 4.85. The van der Waals surface area contributed by atoms with Gasteiger partial charge in [-0.25, -0.2) is 4.39 Å². The third kappa shape index (κ3) is 2.84. The van der Waals surface area contributed by atoms with E-state index in [1.165, 1.54) is 17.8 Å². The fourth-order valence-electron chi connectivity index (χ4n) is 1.29. The number of hydrogen-bond acceptors (Lipinski definition) is 3. The van der Waals surface area contributed by atoms with E-state index in [0.717, 1.165) is 5.56 Å². The molecule has 84 valence electrons. The monoisotopic (exact) mass is 254 g/mol. The number of hydrogen-bond donors (Lipinski definition) is 1. The maximum atomic E-state index is 13.3. The van der Waals surface area contributed by atoms with Crippen molar-refractivity contribution >= 4 is 23.1 Å².